The van der Waals surface area contributed by atoms with Crippen molar-refractivity contribution in [3.05, 3.63) is 59.2 Å². The molecule has 2 rings (SSSR count). The number of benzene rings is 2. The van der Waals surface area contributed by atoms with Crippen LogP contribution in [0.1, 0.15) is 48.5 Å². The third-order valence-electron chi connectivity index (χ3n) is 5.05. The molecule has 0 amide bonds. The molecule has 0 bridgehead atoms. The summed E-state index contributed by atoms with van der Waals surface area (Å²) in [6.07, 6.45) is 6.55. The normalized spacial score (nSPS) is 12.6. The lowest BCUT2D eigenvalue weighted by atomic mass is 10.0. The van der Waals surface area contributed by atoms with Crippen LogP contribution < -0.4 is 15.8 Å². The minimum atomic E-state index is -3.51. The Morgan fingerprint density at radius 3 is 2.16 bits per heavy atom. The number of hydrogen-bond donors (Lipinski definition) is 5. The topological polar surface area (TPSA) is 125 Å². The van der Waals surface area contributed by atoms with Gasteiger partial charge in [-0.05, 0) is 80.4 Å². The zero-order chi connectivity index (χ0) is 22.7. The average molecular weight is 450 g/mol. The lowest BCUT2D eigenvalue weighted by Gasteiger charge is -2.15. The first kappa shape index (κ1) is 25.1. The number of aryl methyl sites for hydroxylation is 2. The second kappa shape index (κ2) is 12.7. The summed E-state index contributed by atoms with van der Waals surface area (Å²) in [5.41, 5.74) is 8.81. The Kier molecular flexibility index (Phi) is 10.3. The minimum Gasteiger partial charge on any atom is -0.506 e. The number of nitrogens with one attached hydrogen (secondary N) is 2. The molecule has 0 aromatic heterocycles. The molecule has 7 nitrogen and oxygen atoms in total. The summed E-state index contributed by atoms with van der Waals surface area (Å²) in [6.45, 7) is 1.88. The Balaban J connectivity index is 1.68. The van der Waals surface area contributed by atoms with Gasteiger partial charge in [0.25, 0.3) is 0 Å². The number of unbranched alkanes of at least 4 members (excludes halogenated alkanes) is 2. The molecule has 0 aliphatic carbocycles. The number of rotatable bonds is 14. The Bertz CT molecular complexity index is 902. The fraction of sp³-hybridized carbons (Fsp3) is 0.478. The number of nitrogens with two attached hydrogens (primary N) is 1. The van der Waals surface area contributed by atoms with Gasteiger partial charge in [-0.1, -0.05) is 30.3 Å². The molecule has 0 heterocycles. The van der Waals surface area contributed by atoms with Crippen LogP contribution in [0.4, 0.5) is 5.69 Å². The van der Waals surface area contributed by atoms with Gasteiger partial charge in [0, 0.05) is 6.54 Å². The van der Waals surface area contributed by atoms with Crippen molar-refractivity contribution < 1.29 is 18.6 Å². The van der Waals surface area contributed by atoms with Gasteiger partial charge in [-0.15, -0.1) is 0 Å². The Labute approximate surface area is 185 Å². The highest BCUT2D eigenvalue weighted by Gasteiger charge is 2.12. The predicted molar refractivity (Wildman–Crippen MR) is 126 cm³/mol. The van der Waals surface area contributed by atoms with E-state index in [0.29, 0.717) is 12.1 Å². The van der Waals surface area contributed by atoms with Crippen LogP contribution in [-0.2, 0) is 22.9 Å². The van der Waals surface area contributed by atoms with Crippen molar-refractivity contribution in [2.75, 3.05) is 30.6 Å². The number of anilines is 1. The van der Waals surface area contributed by atoms with Crippen molar-refractivity contribution in [1.29, 1.82) is 0 Å². The minimum absolute atomic E-state index is 0.0597. The molecule has 6 N–H and O–H groups in total. The number of aromatic hydroxyl groups is 1. The fourth-order valence-electron chi connectivity index (χ4n) is 3.32. The molecule has 1 atom stereocenters. The van der Waals surface area contributed by atoms with E-state index in [1.807, 2.05) is 0 Å². The Morgan fingerprint density at radius 1 is 0.968 bits per heavy atom. The van der Waals surface area contributed by atoms with Crippen molar-refractivity contribution in [2.24, 2.45) is 5.73 Å². The number of aliphatic hydroxyl groups excluding tert-OH is 1. The molecule has 8 heteroatoms. The molecule has 0 radical (unpaired) electrons. The van der Waals surface area contributed by atoms with Crippen molar-refractivity contribution in [3.8, 4) is 5.75 Å². The SMILES string of the molecule is CS(=O)(=O)Nc1cc([C@@H](O)CNCCCCc2ccc(CCCCN)cc2)ccc1O. The molecule has 2 aromatic carbocycles. The molecule has 0 aliphatic rings. The number of aliphatic hydroxyl groups is 1. The van der Waals surface area contributed by atoms with Gasteiger partial charge in [0.05, 0.1) is 18.0 Å². The van der Waals surface area contributed by atoms with Crippen molar-refractivity contribution in [1.82, 2.24) is 5.32 Å². The highest BCUT2D eigenvalue weighted by Crippen LogP contribution is 2.27. The van der Waals surface area contributed by atoms with E-state index in [9.17, 15) is 18.6 Å². The summed E-state index contributed by atoms with van der Waals surface area (Å²) in [5.74, 6) is -0.182. The number of sulfonamides is 1. The van der Waals surface area contributed by atoms with E-state index in [4.69, 9.17) is 5.73 Å². The van der Waals surface area contributed by atoms with Gasteiger partial charge in [0.15, 0.2) is 0 Å². The van der Waals surface area contributed by atoms with Gasteiger partial charge in [-0.25, -0.2) is 8.42 Å². The molecule has 0 fully saturated rings. The molecule has 2 aromatic rings. The lowest BCUT2D eigenvalue weighted by Crippen LogP contribution is -2.22. The largest absolute Gasteiger partial charge is 0.506 e. The molecule has 0 saturated carbocycles. The zero-order valence-corrected chi connectivity index (χ0v) is 19.0. The van der Waals surface area contributed by atoms with E-state index < -0.39 is 16.1 Å². The standard InChI is InChI=1S/C23H35N3O4S/c1-31(29,30)26-21-16-20(12-13-22(21)27)23(28)17-25-15-5-3-7-19-10-8-18(9-11-19)6-2-4-14-24/h8-13,16,23,25-28H,2-7,14-15,17,24H2,1H3/t23-/m0/s1. The maximum atomic E-state index is 11.4. The molecule has 0 spiro atoms. The quantitative estimate of drug-likeness (QED) is 0.223. The molecule has 0 saturated heterocycles. The van der Waals surface area contributed by atoms with Gasteiger partial charge in [0.2, 0.25) is 10.0 Å². The third kappa shape index (κ3) is 9.69. The highest BCUT2D eigenvalue weighted by molar-refractivity contribution is 7.92. The van der Waals surface area contributed by atoms with Gasteiger partial charge in [0.1, 0.15) is 5.75 Å². The Hall–Kier alpha value is -2.13. The van der Waals surface area contributed by atoms with Crippen LogP contribution in [0.2, 0.25) is 0 Å². The average Bonchev–Trinajstić information content (AvgIpc) is 2.72. The number of phenols is 1. The summed E-state index contributed by atoms with van der Waals surface area (Å²) in [6, 6.07) is 13.2. The van der Waals surface area contributed by atoms with Crippen molar-refractivity contribution >= 4 is 15.7 Å². The first-order valence-corrected chi connectivity index (χ1v) is 12.6. The molecule has 31 heavy (non-hydrogen) atoms. The van der Waals surface area contributed by atoms with Crippen LogP contribution in [0, 0.1) is 0 Å². The molecule has 172 valence electrons. The molecular formula is C23H35N3O4S. The monoisotopic (exact) mass is 449 g/mol. The van der Waals surface area contributed by atoms with Crippen LogP contribution in [-0.4, -0.2) is 44.5 Å². The van der Waals surface area contributed by atoms with E-state index in [1.165, 1.54) is 23.3 Å². The first-order valence-electron chi connectivity index (χ1n) is 10.8. The van der Waals surface area contributed by atoms with E-state index in [2.05, 4.69) is 34.3 Å². The predicted octanol–water partition coefficient (Wildman–Crippen LogP) is 2.69. The summed E-state index contributed by atoms with van der Waals surface area (Å²) >= 11 is 0. The molecular weight excluding hydrogens is 414 g/mol. The van der Waals surface area contributed by atoms with Crippen LogP contribution >= 0.6 is 0 Å². The lowest BCUT2D eigenvalue weighted by molar-refractivity contribution is 0.174. The summed E-state index contributed by atoms with van der Waals surface area (Å²) in [7, 11) is -3.51. The van der Waals surface area contributed by atoms with Gasteiger partial charge in [-0.2, -0.15) is 0 Å². The summed E-state index contributed by atoms with van der Waals surface area (Å²) < 4.78 is 25.0. The van der Waals surface area contributed by atoms with Gasteiger partial charge < -0.3 is 21.3 Å². The maximum absolute atomic E-state index is 11.4. The smallest absolute Gasteiger partial charge is 0.229 e. The Morgan fingerprint density at radius 2 is 1.58 bits per heavy atom. The molecule has 0 aliphatic heterocycles. The maximum Gasteiger partial charge on any atom is 0.229 e. The summed E-state index contributed by atoms with van der Waals surface area (Å²) in [5, 5.41) is 23.4. The zero-order valence-electron chi connectivity index (χ0n) is 18.2. The second-order valence-corrected chi connectivity index (χ2v) is 9.64. The van der Waals surface area contributed by atoms with Gasteiger partial charge >= 0.3 is 0 Å². The fourth-order valence-corrected chi connectivity index (χ4v) is 3.89. The first-order chi connectivity index (χ1) is 14.8. The summed E-state index contributed by atoms with van der Waals surface area (Å²) in [4.78, 5) is 0. The van der Waals surface area contributed by atoms with Gasteiger partial charge in [-0.3, -0.25) is 4.72 Å². The molecule has 0 unspecified atom stereocenters. The van der Waals surface area contributed by atoms with E-state index in [0.717, 1.165) is 57.9 Å². The van der Waals surface area contributed by atoms with Crippen LogP contribution in [0.5, 0.6) is 5.75 Å². The van der Waals surface area contributed by atoms with Crippen molar-refractivity contribution in [2.45, 2.75) is 44.6 Å². The number of phenolic OH excluding ortho intramolecular Hbond substituents is 1. The van der Waals surface area contributed by atoms with E-state index in [1.54, 1.807) is 6.07 Å². The highest BCUT2D eigenvalue weighted by atomic mass is 32.2. The second-order valence-electron chi connectivity index (χ2n) is 7.89. The van der Waals surface area contributed by atoms with E-state index in [-0.39, 0.29) is 11.4 Å². The van der Waals surface area contributed by atoms with Crippen LogP contribution in [0.15, 0.2) is 42.5 Å². The third-order valence-corrected chi connectivity index (χ3v) is 5.64. The van der Waals surface area contributed by atoms with Crippen molar-refractivity contribution in [3.63, 3.8) is 0 Å². The van der Waals surface area contributed by atoms with Crippen LogP contribution in [0.25, 0.3) is 0 Å². The number of hydrogen-bond acceptors (Lipinski definition) is 6. The van der Waals surface area contributed by atoms with E-state index >= 15 is 0 Å². The van der Waals surface area contributed by atoms with Crippen LogP contribution in [0.3, 0.4) is 0 Å².